The zero-order valence-corrected chi connectivity index (χ0v) is 13.3. The van der Waals surface area contributed by atoms with E-state index in [0.29, 0.717) is 17.7 Å². The number of nitriles is 1. The first-order valence-electron chi connectivity index (χ1n) is 7.15. The fourth-order valence-corrected chi connectivity index (χ4v) is 2.94. The number of ketones is 1. The van der Waals surface area contributed by atoms with Gasteiger partial charge >= 0.3 is 0 Å². The quantitative estimate of drug-likeness (QED) is 0.851. The monoisotopic (exact) mass is 297 g/mol. The highest BCUT2D eigenvalue weighted by Gasteiger charge is 2.39. The van der Waals surface area contributed by atoms with E-state index in [1.165, 1.54) is 0 Å². The number of aryl methyl sites for hydroxylation is 2. The molecule has 1 aliphatic carbocycles. The van der Waals surface area contributed by atoms with Crippen molar-refractivity contribution in [3.63, 3.8) is 0 Å². The molecule has 0 aromatic heterocycles. The Morgan fingerprint density at radius 1 is 1.41 bits per heavy atom. The lowest BCUT2D eigenvalue weighted by molar-refractivity contribution is -0.120. The Labute approximate surface area is 130 Å². The average Bonchev–Trinajstić information content (AvgIpc) is 2.36. The third-order valence-electron chi connectivity index (χ3n) is 3.81. The van der Waals surface area contributed by atoms with Crippen molar-refractivity contribution in [3.8, 4) is 6.07 Å². The zero-order valence-electron chi connectivity index (χ0n) is 13.3. The van der Waals surface area contributed by atoms with Gasteiger partial charge in [0.05, 0.1) is 6.07 Å². The number of rotatable bonds is 2. The van der Waals surface area contributed by atoms with Gasteiger partial charge in [-0.3, -0.25) is 9.59 Å². The number of nitrogens with one attached hydrogen (secondary N) is 1. The van der Waals surface area contributed by atoms with Gasteiger partial charge in [-0.1, -0.05) is 31.5 Å². The standard InChI is InChI=1S/C17H19N3O2/c1-10-7-11(2)14-12(8-10)9-17(3,4)16(15(14)22)20-19-13(21)5-6-18/h7-8H,5,9H2,1-4H3,(H,19,21)/b20-16-. The molecule has 0 unspecified atom stereocenters. The van der Waals surface area contributed by atoms with E-state index < -0.39 is 11.3 Å². The lowest BCUT2D eigenvalue weighted by Gasteiger charge is -2.32. The Kier molecular flexibility index (Phi) is 4.14. The van der Waals surface area contributed by atoms with Gasteiger partial charge < -0.3 is 0 Å². The molecular weight excluding hydrogens is 278 g/mol. The maximum atomic E-state index is 12.8. The molecule has 0 radical (unpaired) electrons. The van der Waals surface area contributed by atoms with Crippen LogP contribution in [0.2, 0.25) is 0 Å². The van der Waals surface area contributed by atoms with Crippen LogP contribution in [0.25, 0.3) is 0 Å². The summed E-state index contributed by atoms with van der Waals surface area (Å²) in [5.74, 6) is -0.661. The Hall–Kier alpha value is -2.48. The fraction of sp³-hybridized carbons (Fsp3) is 0.412. The van der Waals surface area contributed by atoms with Crippen molar-refractivity contribution in [3.05, 3.63) is 34.4 Å². The summed E-state index contributed by atoms with van der Waals surface area (Å²) in [5, 5.41) is 12.5. The molecular formula is C17H19N3O2. The van der Waals surface area contributed by atoms with Gasteiger partial charge in [0.1, 0.15) is 12.1 Å². The molecule has 1 N–H and O–H groups in total. The molecule has 1 aromatic rings. The second-order valence-corrected chi connectivity index (χ2v) is 6.34. The van der Waals surface area contributed by atoms with Crippen molar-refractivity contribution in [2.45, 2.75) is 40.5 Å². The van der Waals surface area contributed by atoms with Gasteiger partial charge in [0, 0.05) is 11.0 Å². The Morgan fingerprint density at radius 2 is 2.09 bits per heavy atom. The molecule has 22 heavy (non-hydrogen) atoms. The highest BCUT2D eigenvalue weighted by molar-refractivity contribution is 6.49. The van der Waals surface area contributed by atoms with E-state index in [1.54, 1.807) is 6.07 Å². The molecule has 0 saturated carbocycles. The summed E-state index contributed by atoms with van der Waals surface area (Å²) in [7, 11) is 0. The van der Waals surface area contributed by atoms with Crippen LogP contribution in [0.5, 0.6) is 0 Å². The van der Waals surface area contributed by atoms with E-state index in [0.717, 1.165) is 16.7 Å². The summed E-state index contributed by atoms with van der Waals surface area (Å²) in [5.41, 5.74) is 5.92. The van der Waals surface area contributed by atoms with Gasteiger partial charge in [-0.05, 0) is 31.4 Å². The smallest absolute Gasteiger partial charge is 0.254 e. The molecule has 0 saturated heterocycles. The average molecular weight is 297 g/mol. The van der Waals surface area contributed by atoms with Crippen LogP contribution in [0.15, 0.2) is 17.2 Å². The third kappa shape index (κ3) is 2.91. The molecule has 114 valence electrons. The number of hydrazone groups is 1. The summed E-state index contributed by atoms with van der Waals surface area (Å²) < 4.78 is 0. The maximum absolute atomic E-state index is 12.8. The largest absolute Gasteiger partial charge is 0.287 e. The van der Waals surface area contributed by atoms with Crippen molar-refractivity contribution < 1.29 is 9.59 Å². The van der Waals surface area contributed by atoms with Crippen LogP contribution in [0, 0.1) is 30.6 Å². The number of hydrogen-bond acceptors (Lipinski definition) is 4. The van der Waals surface area contributed by atoms with E-state index in [9.17, 15) is 9.59 Å². The van der Waals surface area contributed by atoms with Gasteiger partial charge in [-0.15, -0.1) is 0 Å². The van der Waals surface area contributed by atoms with Gasteiger partial charge in [-0.25, -0.2) is 5.43 Å². The summed E-state index contributed by atoms with van der Waals surface area (Å²) in [6.45, 7) is 7.78. The summed E-state index contributed by atoms with van der Waals surface area (Å²) in [4.78, 5) is 24.2. The number of hydrogen-bond donors (Lipinski definition) is 1. The highest BCUT2D eigenvalue weighted by atomic mass is 16.2. The lowest BCUT2D eigenvalue weighted by atomic mass is 9.71. The molecule has 0 atom stereocenters. The minimum absolute atomic E-state index is 0.152. The first-order valence-corrected chi connectivity index (χ1v) is 7.15. The number of amides is 1. The SMILES string of the molecule is Cc1cc(C)c2c(c1)CC(C)(C)/C(=N\NC(=O)CC#N)C2=O. The summed E-state index contributed by atoms with van der Waals surface area (Å²) in [6, 6.07) is 5.76. The van der Waals surface area contributed by atoms with E-state index in [4.69, 9.17) is 5.26 Å². The van der Waals surface area contributed by atoms with E-state index in [1.807, 2.05) is 39.8 Å². The molecule has 1 aromatic carbocycles. The minimum atomic E-state index is -0.509. The molecule has 2 rings (SSSR count). The third-order valence-corrected chi connectivity index (χ3v) is 3.81. The van der Waals surface area contributed by atoms with Crippen molar-refractivity contribution >= 4 is 17.4 Å². The second-order valence-electron chi connectivity index (χ2n) is 6.34. The van der Waals surface area contributed by atoms with Crippen molar-refractivity contribution in [1.82, 2.24) is 5.43 Å². The fourth-order valence-electron chi connectivity index (χ4n) is 2.94. The maximum Gasteiger partial charge on any atom is 0.254 e. The molecule has 1 aliphatic rings. The van der Waals surface area contributed by atoms with Gasteiger partial charge in [0.2, 0.25) is 5.78 Å². The van der Waals surface area contributed by atoms with Crippen molar-refractivity contribution in [2.24, 2.45) is 10.5 Å². The van der Waals surface area contributed by atoms with Crippen LogP contribution in [0.1, 0.15) is 47.3 Å². The van der Waals surface area contributed by atoms with Gasteiger partial charge in [0.15, 0.2) is 0 Å². The molecule has 0 aliphatic heterocycles. The number of nitrogens with zero attached hydrogens (tertiary/aromatic N) is 2. The molecule has 0 bridgehead atoms. The molecule has 5 heteroatoms. The molecule has 1 amide bonds. The van der Waals surface area contributed by atoms with Crippen molar-refractivity contribution in [1.29, 1.82) is 5.26 Å². The van der Waals surface area contributed by atoms with Crippen LogP contribution in [-0.4, -0.2) is 17.4 Å². The molecule has 5 nitrogen and oxygen atoms in total. The number of carbonyl (C=O) groups excluding carboxylic acids is 2. The molecule has 0 fully saturated rings. The molecule has 0 spiro atoms. The van der Waals surface area contributed by atoms with Crippen LogP contribution in [0.3, 0.4) is 0 Å². The number of carbonyl (C=O) groups is 2. The van der Waals surface area contributed by atoms with Gasteiger partial charge in [-0.2, -0.15) is 10.4 Å². The first kappa shape index (κ1) is 15.9. The van der Waals surface area contributed by atoms with Crippen molar-refractivity contribution in [2.75, 3.05) is 0 Å². The number of Topliss-reactive ketones (excluding diaryl/α,β-unsaturated/α-hetero) is 1. The Morgan fingerprint density at radius 3 is 2.73 bits per heavy atom. The number of benzene rings is 1. The second kappa shape index (κ2) is 5.72. The predicted octanol–water partition coefficient (Wildman–Crippen LogP) is 2.45. The lowest BCUT2D eigenvalue weighted by Crippen LogP contribution is -2.41. The normalized spacial score (nSPS) is 17.8. The van der Waals surface area contributed by atoms with Crippen LogP contribution < -0.4 is 5.43 Å². The minimum Gasteiger partial charge on any atom is -0.287 e. The van der Waals surface area contributed by atoms with E-state index in [-0.39, 0.29) is 12.2 Å². The van der Waals surface area contributed by atoms with Crippen LogP contribution in [0.4, 0.5) is 0 Å². The molecule has 0 heterocycles. The Balaban J connectivity index is 2.45. The van der Waals surface area contributed by atoms with Gasteiger partial charge in [0.25, 0.3) is 5.91 Å². The van der Waals surface area contributed by atoms with E-state index >= 15 is 0 Å². The summed E-state index contributed by atoms with van der Waals surface area (Å²) >= 11 is 0. The summed E-state index contributed by atoms with van der Waals surface area (Å²) in [6.07, 6.45) is 0.407. The highest BCUT2D eigenvalue weighted by Crippen LogP contribution is 2.34. The Bertz CT molecular complexity index is 724. The number of fused-ring (bicyclic) bond motifs is 1. The topological polar surface area (TPSA) is 82.3 Å². The van der Waals surface area contributed by atoms with E-state index in [2.05, 4.69) is 10.5 Å². The first-order chi connectivity index (χ1) is 10.3. The van der Waals surface area contributed by atoms with Crippen LogP contribution >= 0.6 is 0 Å². The zero-order chi connectivity index (χ0) is 16.5. The predicted molar refractivity (Wildman–Crippen MR) is 83.5 cm³/mol. The van der Waals surface area contributed by atoms with Crippen LogP contribution in [-0.2, 0) is 11.2 Å².